The van der Waals surface area contributed by atoms with Crippen molar-refractivity contribution in [3.8, 4) is 0 Å². The van der Waals surface area contributed by atoms with Gasteiger partial charge in [-0.25, -0.2) is 20.1 Å². The SMILES string of the molecule is CC(C)(C)OC(=O)NCCONC(=O)[C@H]1CC[C@H](N(OCc2ccccc2)C(N)=O)CC1. The third kappa shape index (κ3) is 9.11. The molecule has 0 spiro atoms. The number of urea groups is 1. The predicted molar refractivity (Wildman–Crippen MR) is 117 cm³/mol. The van der Waals surface area contributed by atoms with Crippen LogP contribution in [0.25, 0.3) is 0 Å². The van der Waals surface area contributed by atoms with Crippen LogP contribution in [0.15, 0.2) is 30.3 Å². The second-order valence-corrected chi connectivity index (χ2v) is 8.67. The lowest BCUT2D eigenvalue weighted by Crippen LogP contribution is -2.46. The van der Waals surface area contributed by atoms with Crippen LogP contribution in [0.3, 0.4) is 0 Å². The Kier molecular flexibility index (Phi) is 9.73. The van der Waals surface area contributed by atoms with Crippen molar-refractivity contribution in [3.63, 3.8) is 0 Å². The van der Waals surface area contributed by atoms with Gasteiger partial charge in [-0.2, -0.15) is 0 Å². The van der Waals surface area contributed by atoms with E-state index < -0.39 is 17.7 Å². The fourth-order valence-electron chi connectivity index (χ4n) is 3.36. The number of benzene rings is 1. The van der Waals surface area contributed by atoms with Crippen LogP contribution in [0.4, 0.5) is 9.59 Å². The molecule has 1 aromatic carbocycles. The molecule has 2 rings (SSSR count). The van der Waals surface area contributed by atoms with E-state index >= 15 is 0 Å². The van der Waals surface area contributed by atoms with E-state index in [9.17, 15) is 14.4 Å². The first-order valence-corrected chi connectivity index (χ1v) is 10.8. The molecule has 1 fully saturated rings. The summed E-state index contributed by atoms with van der Waals surface area (Å²) in [7, 11) is 0. The number of hydrogen-bond acceptors (Lipinski definition) is 6. The number of alkyl carbamates (subject to hydrolysis) is 1. The minimum Gasteiger partial charge on any atom is -0.444 e. The van der Waals surface area contributed by atoms with Crippen LogP contribution >= 0.6 is 0 Å². The number of nitrogens with one attached hydrogen (secondary N) is 2. The largest absolute Gasteiger partial charge is 0.444 e. The maximum atomic E-state index is 12.3. The Morgan fingerprint density at radius 2 is 1.75 bits per heavy atom. The normalized spacial score (nSPS) is 18.5. The number of hydroxylamine groups is 3. The molecule has 32 heavy (non-hydrogen) atoms. The number of carbonyl (C=O) groups is 3. The zero-order chi connectivity index (χ0) is 23.6. The third-order valence-electron chi connectivity index (χ3n) is 4.87. The molecule has 0 aromatic heterocycles. The van der Waals surface area contributed by atoms with Crippen molar-refractivity contribution in [1.82, 2.24) is 15.9 Å². The highest BCUT2D eigenvalue weighted by molar-refractivity contribution is 5.77. The molecule has 0 aliphatic heterocycles. The molecular weight excluding hydrogens is 416 g/mol. The summed E-state index contributed by atoms with van der Waals surface area (Å²) in [5.41, 5.74) is 8.28. The van der Waals surface area contributed by atoms with Gasteiger partial charge in [0.1, 0.15) is 12.2 Å². The van der Waals surface area contributed by atoms with Gasteiger partial charge >= 0.3 is 12.1 Å². The van der Waals surface area contributed by atoms with Gasteiger partial charge in [-0.1, -0.05) is 30.3 Å². The van der Waals surface area contributed by atoms with Crippen LogP contribution in [0, 0.1) is 5.92 Å². The summed E-state index contributed by atoms with van der Waals surface area (Å²) in [6.07, 6.45) is 1.80. The molecule has 1 aliphatic carbocycles. The Hall–Kier alpha value is -2.85. The van der Waals surface area contributed by atoms with Crippen LogP contribution in [0.5, 0.6) is 0 Å². The number of nitrogens with zero attached hydrogens (tertiary/aromatic N) is 1. The maximum Gasteiger partial charge on any atom is 0.407 e. The van der Waals surface area contributed by atoms with E-state index in [1.807, 2.05) is 30.3 Å². The summed E-state index contributed by atoms with van der Waals surface area (Å²) >= 11 is 0. The Balaban J connectivity index is 1.66. The summed E-state index contributed by atoms with van der Waals surface area (Å²) in [6, 6.07) is 8.68. The van der Waals surface area contributed by atoms with Crippen molar-refractivity contribution in [2.75, 3.05) is 13.2 Å². The van der Waals surface area contributed by atoms with Gasteiger partial charge < -0.3 is 15.8 Å². The summed E-state index contributed by atoms with van der Waals surface area (Å²) < 4.78 is 5.11. The first-order chi connectivity index (χ1) is 15.2. The standard InChI is InChI=1S/C22H34N4O6/c1-22(2,3)32-21(29)24-13-14-30-25-19(27)17-9-11-18(12-10-17)26(20(23)28)31-15-16-7-5-4-6-8-16/h4-8,17-18H,9-15H2,1-3H3,(H2,23,28)(H,24,29)(H,25,27)/t17-,18-. The Morgan fingerprint density at radius 1 is 1.09 bits per heavy atom. The van der Waals surface area contributed by atoms with E-state index in [2.05, 4.69) is 10.8 Å². The van der Waals surface area contributed by atoms with Gasteiger partial charge in [0.05, 0.1) is 12.6 Å². The summed E-state index contributed by atoms with van der Waals surface area (Å²) in [6.45, 7) is 5.88. The van der Waals surface area contributed by atoms with E-state index in [1.165, 1.54) is 5.06 Å². The fraction of sp³-hybridized carbons (Fsp3) is 0.591. The number of amides is 4. The number of primary amides is 1. The van der Waals surface area contributed by atoms with Crippen molar-refractivity contribution in [1.29, 1.82) is 0 Å². The fourth-order valence-corrected chi connectivity index (χ4v) is 3.36. The van der Waals surface area contributed by atoms with Crippen molar-refractivity contribution < 1.29 is 28.8 Å². The number of ether oxygens (including phenoxy) is 1. The van der Waals surface area contributed by atoms with Crippen LogP contribution in [0.1, 0.15) is 52.0 Å². The molecule has 4 amide bonds. The van der Waals surface area contributed by atoms with Crippen molar-refractivity contribution in [2.45, 2.75) is 64.7 Å². The molecule has 1 saturated carbocycles. The van der Waals surface area contributed by atoms with E-state index in [0.29, 0.717) is 25.7 Å². The van der Waals surface area contributed by atoms with Crippen LogP contribution in [-0.4, -0.2) is 47.9 Å². The van der Waals surface area contributed by atoms with Crippen LogP contribution < -0.4 is 16.5 Å². The maximum absolute atomic E-state index is 12.3. The summed E-state index contributed by atoms with van der Waals surface area (Å²) in [5, 5.41) is 3.77. The number of carbonyl (C=O) groups excluding carboxylic acids is 3. The molecule has 10 nitrogen and oxygen atoms in total. The molecule has 0 heterocycles. The molecule has 1 aromatic rings. The predicted octanol–water partition coefficient (Wildman–Crippen LogP) is 2.63. The van der Waals surface area contributed by atoms with Gasteiger partial charge in [0.25, 0.3) is 0 Å². The minimum atomic E-state index is -0.644. The highest BCUT2D eigenvalue weighted by Crippen LogP contribution is 2.28. The van der Waals surface area contributed by atoms with Gasteiger partial charge in [-0.15, -0.1) is 0 Å². The Labute approximate surface area is 188 Å². The molecule has 0 saturated heterocycles. The molecule has 0 atom stereocenters. The summed E-state index contributed by atoms with van der Waals surface area (Å²) in [4.78, 5) is 46.5. The van der Waals surface area contributed by atoms with Crippen LogP contribution in [-0.2, 0) is 25.8 Å². The average molecular weight is 451 g/mol. The number of rotatable bonds is 9. The van der Waals surface area contributed by atoms with Gasteiger partial charge in [0.2, 0.25) is 5.91 Å². The number of nitrogens with two attached hydrogens (primary N) is 1. The molecular formula is C22H34N4O6. The average Bonchev–Trinajstić information content (AvgIpc) is 2.73. The molecule has 0 bridgehead atoms. The van der Waals surface area contributed by atoms with Crippen molar-refractivity contribution in [3.05, 3.63) is 35.9 Å². The first-order valence-electron chi connectivity index (χ1n) is 10.8. The quantitative estimate of drug-likeness (QED) is 0.391. The van der Waals surface area contributed by atoms with Gasteiger partial charge in [0.15, 0.2) is 0 Å². The lowest BCUT2D eigenvalue weighted by molar-refractivity contribution is -0.162. The van der Waals surface area contributed by atoms with E-state index in [0.717, 1.165) is 5.56 Å². The highest BCUT2D eigenvalue weighted by Gasteiger charge is 2.32. The molecule has 1 aliphatic rings. The Morgan fingerprint density at radius 3 is 2.34 bits per heavy atom. The molecule has 10 heteroatoms. The third-order valence-corrected chi connectivity index (χ3v) is 4.87. The van der Waals surface area contributed by atoms with Crippen LogP contribution in [0.2, 0.25) is 0 Å². The molecule has 0 radical (unpaired) electrons. The second kappa shape index (κ2) is 12.3. The zero-order valence-electron chi connectivity index (χ0n) is 19.0. The lowest BCUT2D eigenvalue weighted by atomic mass is 9.85. The molecule has 178 valence electrons. The molecule has 4 N–H and O–H groups in total. The topological polar surface area (TPSA) is 132 Å². The van der Waals surface area contributed by atoms with Gasteiger partial charge in [0, 0.05) is 12.5 Å². The smallest absolute Gasteiger partial charge is 0.407 e. The van der Waals surface area contributed by atoms with Gasteiger partial charge in [-0.3, -0.25) is 14.5 Å². The monoisotopic (exact) mass is 450 g/mol. The van der Waals surface area contributed by atoms with Crippen molar-refractivity contribution in [2.24, 2.45) is 11.7 Å². The van der Waals surface area contributed by atoms with Crippen molar-refractivity contribution >= 4 is 18.0 Å². The van der Waals surface area contributed by atoms with E-state index in [1.54, 1.807) is 20.8 Å². The second-order valence-electron chi connectivity index (χ2n) is 8.67. The first kappa shape index (κ1) is 25.4. The van der Waals surface area contributed by atoms with Gasteiger partial charge in [-0.05, 0) is 52.0 Å². The van der Waals surface area contributed by atoms with E-state index in [4.69, 9.17) is 20.1 Å². The lowest BCUT2D eigenvalue weighted by Gasteiger charge is -2.34. The highest BCUT2D eigenvalue weighted by atomic mass is 16.7. The van der Waals surface area contributed by atoms with E-state index in [-0.39, 0.29) is 37.6 Å². The Bertz CT molecular complexity index is 745. The number of hydrogen-bond donors (Lipinski definition) is 3. The zero-order valence-corrected chi connectivity index (χ0v) is 19.0. The summed E-state index contributed by atoms with van der Waals surface area (Å²) in [5.74, 6) is -0.453. The minimum absolute atomic E-state index is 0.114. The molecule has 0 unspecified atom stereocenters.